The minimum absolute atomic E-state index is 0.403. The van der Waals surface area contributed by atoms with Gasteiger partial charge in [0.25, 0.3) is 0 Å². The van der Waals surface area contributed by atoms with Gasteiger partial charge < -0.3 is 4.90 Å². The molecule has 0 aliphatic heterocycles. The van der Waals surface area contributed by atoms with Crippen molar-refractivity contribution in [1.82, 2.24) is 20.2 Å². The predicted octanol–water partition coefficient (Wildman–Crippen LogP) is 2.05. The van der Waals surface area contributed by atoms with Crippen molar-refractivity contribution in [1.29, 1.82) is 0 Å². The van der Waals surface area contributed by atoms with Gasteiger partial charge in [-0.05, 0) is 23.2 Å². The third-order valence-corrected chi connectivity index (χ3v) is 5.33. The van der Waals surface area contributed by atoms with Gasteiger partial charge in [0.15, 0.2) is 4.34 Å². The minimum atomic E-state index is 0.403. The van der Waals surface area contributed by atoms with Crippen LogP contribution in [0.3, 0.4) is 0 Å². The van der Waals surface area contributed by atoms with Crippen LogP contribution in [0.15, 0.2) is 20.8 Å². The van der Waals surface area contributed by atoms with E-state index in [0.29, 0.717) is 5.95 Å². The maximum Gasteiger partial charge on any atom is 0.239 e. The molecule has 0 bridgehead atoms. The van der Waals surface area contributed by atoms with Crippen LogP contribution in [0.4, 0.5) is 11.1 Å². The molecule has 0 aliphatic carbocycles. The summed E-state index contributed by atoms with van der Waals surface area (Å²) in [6.07, 6.45) is 0. The topological polar surface area (TPSA) is 92.9 Å². The molecule has 3 aromatic rings. The van der Waals surface area contributed by atoms with Gasteiger partial charge in [-0.25, -0.2) is 15.8 Å². The second kappa shape index (κ2) is 5.48. The molecule has 0 aliphatic rings. The fourth-order valence-corrected chi connectivity index (χ4v) is 4.09. The van der Waals surface area contributed by atoms with Gasteiger partial charge in [-0.1, -0.05) is 11.3 Å². The van der Waals surface area contributed by atoms with Gasteiger partial charge in [0, 0.05) is 19.5 Å². The Morgan fingerprint density at radius 2 is 2.15 bits per heavy atom. The summed E-state index contributed by atoms with van der Waals surface area (Å²) in [6.45, 7) is 0. The second-order valence-electron chi connectivity index (χ2n) is 3.98. The van der Waals surface area contributed by atoms with Crippen molar-refractivity contribution in [2.24, 2.45) is 5.84 Å². The molecular formula is C10H11N7S3. The van der Waals surface area contributed by atoms with Crippen LogP contribution in [-0.4, -0.2) is 34.3 Å². The average molecular weight is 325 g/mol. The molecule has 3 rings (SSSR count). The number of rotatable bonds is 4. The largest absolute Gasteiger partial charge is 0.353 e. The molecule has 0 unspecified atom stereocenters. The molecule has 104 valence electrons. The van der Waals surface area contributed by atoms with Crippen LogP contribution < -0.4 is 16.2 Å². The van der Waals surface area contributed by atoms with Crippen molar-refractivity contribution < 1.29 is 0 Å². The summed E-state index contributed by atoms with van der Waals surface area (Å²) in [7, 11) is 3.88. The number of nitrogen functional groups attached to an aromatic ring is 1. The number of anilines is 2. The van der Waals surface area contributed by atoms with E-state index in [9.17, 15) is 0 Å². The predicted molar refractivity (Wildman–Crippen MR) is 83.6 cm³/mol. The van der Waals surface area contributed by atoms with Crippen molar-refractivity contribution >= 4 is 55.7 Å². The van der Waals surface area contributed by atoms with Crippen LogP contribution in [-0.2, 0) is 0 Å². The lowest BCUT2D eigenvalue weighted by Crippen LogP contribution is -2.10. The van der Waals surface area contributed by atoms with Gasteiger partial charge >= 0.3 is 0 Å². The van der Waals surface area contributed by atoms with Crippen LogP contribution >= 0.6 is 34.4 Å². The molecule has 0 spiro atoms. The lowest BCUT2D eigenvalue weighted by atomic mass is 10.4. The number of aromatic nitrogens is 4. The zero-order valence-electron chi connectivity index (χ0n) is 10.7. The summed E-state index contributed by atoms with van der Waals surface area (Å²) in [6, 6.07) is 2.00. The van der Waals surface area contributed by atoms with E-state index in [1.165, 1.54) is 23.1 Å². The maximum absolute atomic E-state index is 5.40. The summed E-state index contributed by atoms with van der Waals surface area (Å²) < 4.78 is 0.836. The molecule has 0 atom stereocenters. The first kappa shape index (κ1) is 13.5. The van der Waals surface area contributed by atoms with E-state index >= 15 is 0 Å². The van der Waals surface area contributed by atoms with Gasteiger partial charge in [0.05, 0.1) is 0 Å². The van der Waals surface area contributed by atoms with Crippen molar-refractivity contribution in [3.63, 3.8) is 0 Å². The molecule has 7 nitrogen and oxygen atoms in total. The highest BCUT2D eigenvalue weighted by atomic mass is 32.2. The third-order valence-electron chi connectivity index (χ3n) is 2.38. The van der Waals surface area contributed by atoms with E-state index < -0.39 is 0 Å². The Hall–Kier alpha value is -1.49. The lowest BCUT2D eigenvalue weighted by Gasteiger charge is -2.04. The lowest BCUT2D eigenvalue weighted by molar-refractivity contribution is 0.970. The summed E-state index contributed by atoms with van der Waals surface area (Å²) in [4.78, 5) is 11.5. The van der Waals surface area contributed by atoms with E-state index in [-0.39, 0.29) is 0 Å². The number of nitrogens with zero attached hydrogens (tertiary/aromatic N) is 5. The number of nitrogens with two attached hydrogens (primary N) is 1. The molecule has 3 heterocycles. The Bertz CT molecular complexity index is 735. The number of thiophene rings is 1. The molecule has 3 aromatic heterocycles. The molecule has 3 N–H and O–H groups in total. The minimum Gasteiger partial charge on any atom is -0.353 e. The highest BCUT2D eigenvalue weighted by molar-refractivity contribution is 8.01. The maximum atomic E-state index is 5.40. The van der Waals surface area contributed by atoms with Crippen LogP contribution in [0.5, 0.6) is 0 Å². The van der Waals surface area contributed by atoms with Gasteiger partial charge in [-0.3, -0.25) is 5.43 Å². The van der Waals surface area contributed by atoms with E-state index in [2.05, 4.69) is 25.6 Å². The van der Waals surface area contributed by atoms with Gasteiger partial charge in [-0.2, -0.15) is 0 Å². The van der Waals surface area contributed by atoms with Crippen LogP contribution in [0.2, 0.25) is 0 Å². The summed E-state index contributed by atoms with van der Waals surface area (Å²) in [5, 5.41) is 12.9. The molecular weight excluding hydrogens is 314 g/mol. The fourth-order valence-electron chi connectivity index (χ4n) is 1.48. The average Bonchev–Trinajstić information content (AvgIpc) is 3.06. The molecule has 0 saturated carbocycles. The Kier molecular flexibility index (Phi) is 3.70. The standard InChI is InChI=1S/C10H11N7S3/c1-17(2)9-15-16-10(20-9)19-7-5-3-4-18-6(5)12-8(13-7)14-11/h3-4H,11H2,1-2H3,(H,12,13,14). The van der Waals surface area contributed by atoms with E-state index in [1.54, 1.807) is 11.3 Å². The molecule has 0 aromatic carbocycles. The normalized spacial score (nSPS) is 10.9. The number of hydrogen-bond donors (Lipinski definition) is 2. The van der Waals surface area contributed by atoms with Crippen molar-refractivity contribution in [3.05, 3.63) is 11.4 Å². The van der Waals surface area contributed by atoms with E-state index in [4.69, 9.17) is 5.84 Å². The summed E-state index contributed by atoms with van der Waals surface area (Å²) in [5.41, 5.74) is 2.49. The van der Waals surface area contributed by atoms with Crippen molar-refractivity contribution in [2.45, 2.75) is 9.37 Å². The van der Waals surface area contributed by atoms with Gasteiger partial charge in [0.2, 0.25) is 11.1 Å². The second-order valence-corrected chi connectivity index (χ2v) is 7.07. The highest BCUT2D eigenvalue weighted by Gasteiger charge is 2.13. The first-order chi connectivity index (χ1) is 9.67. The number of fused-ring (bicyclic) bond motifs is 1. The fraction of sp³-hybridized carbons (Fsp3) is 0.200. The molecule has 10 heteroatoms. The Balaban J connectivity index is 1.98. The first-order valence-electron chi connectivity index (χ1n) is 5.58. The number of hydrazine groups is 1. The zero-order chi connectivity index (χ0) is 14.1. The first-order valence-corrected chi connectivity index (χ1v) is 8.09. The van der Waals surface area contributed by atoms with Crippen molar-refractivity contribution in [2.75, 3.05) is 24.4 Å². The van der Waals surface area contributed by atoms with Gasteiger partial charge in [0.1, 0.15) is 9.86 Å². The van der Waals surface area contributed by atoms with Crippen LogP contribution in [0.25, 0.3) is 10.2 Å². The van der Waals surface area contributed by atoms with Crippen LogP contribution in [0.1, 0.15) is 0 Å². The Morgan fingerprint density at radius 1 is 1.30 bits per heavy atom. The quantitative estimate of drug-likeness (QED) is 0.428. The number of hydrogen-bond acceptors (Lipinski definition) is 10. The summed E-state index contributed by atoms with van der Waals surface area (Å²) >= 11 is 4.54. The Morgan fingerprint density at radius 3 is 2.85 bits per heavy atom. The third kappa shape index (κ3) is 2.54. The Labute approximate surface area is 127 Å². The monoisotopic (exact) mass is 325 g/mol. The number of nitrogens with one attached hydrogen (secondary N) is 1. The molecule has 0 fully saturated rings. The summed E-state index contributed by atoms with van der Waals surface area (Å²) in [5.74, 6) is 5.81. The highest BCUT2D eigenvalue weighted by Crippen LogP contribution is 2.36. The van der Waals surface area contributed by atoms with E-state index in [0.717, 1.165) is 24.7 Å². The molecule has 0 saturated heterocycles. The zero-order valence-corrected chi connectivity index (χ0v) is 13.1. The molecule has 0 radical (unpaired) electrons. The molecule has 20 heavy (non-hydrogen) atoms. The van der Waals surface area contributed by atoms with E-state index in [1.807, 2.05) is 30.4 Å². The smallest absolute Gasteiger partial charge is 0.239 e. The molecule has 0 amide bonds. The SMILES string of the molecule is CN(C)c1nnc(Sc2nc(NN)nc3sccc23)s1. The van der Waals surface area contributed by atoms with Crippen molar-refractivity contribution in [3.8, 4) is 0 Å². The van der Waals surface area contributed by atoms with Gasteiger partial charge in [-0.15, -0.1) is 21.5 Å². The van der Waals surface area contributed by atoms with Crippen LogP contribution in [0, 0.1) is 0 Å².